The Labute approximate surface area is 106 Å². The number of halogens is 1. The van der Waals surface area contributed by atoms with Gasteiger partial charge in [-0.3, -0.25) is 0 Å². The van der Waals surface area contributed by atoms with E-state index in [9.17, 15) is 0 Å². The first-order chi connectivity index (χ1) is 8.34. The number of pyridine rings is 2. The first kappa shape index (κ1) is 9.62. The third kappa shape index (κ3) is 1.22. The van der Waals surface area contributed by atoms with E-state index < -0.39 is 0 Å². The summed E-state index contributed by atoms with van der Waals surface area (Å²) in [5.41, 5.74) is 1.17. The Morgan fingerprint density at radius 1 is 1.41 bits per heavy atom. The molecule has 3 aromatic heterocycles. The highest BCUT2D eigenvalue weighted by molar-refractivity contribution is 7.26. The summed E-state index contributed by atoms with van der Waals surface area (Å²) in [4.78, 5) is 9.69. The zero-order valence-corrected chi connectivity index (χ0v) is 10.3. The van der Waals surface area contributed by atoms with Crippen molar-refractivity contribution in [2.45, 2.75) is 6.42 Å². The number of rotatable bonds is 0. The van der Waals surface area contributed by atoms with Crippen molar-refractivity contribution in [1.82, 2.24) is 9.97 Å². The van der Waals surface area contributed by atoms with Crippen LogP contribution in [0, 0.1) is 0 Å². The minimum absolute atomic E-state index is 0.517. The van der Waals surface area contributed by atoms with Crippen LogP contribution in [0.25, 0.3) is 20.3 Å². The minimum Gasteiger partial charge on any atom is -0.477 e. The van der Waals surface area contributed by atoms with Crippen LogP contribution in [0.3, 0.4) is 0 Å². The van der Waals surface area contributed by atoms with Crippen LogP contribution < -0.4 is 4.74 Å². The molecule has 0 aromatic carbocycles. The fraction of sp³-hybridized carbons (Fsp3) is 0.167. The highest BCUT2D eigenvalue weighted by Crippen LogP contribution is 2.42. The van der Waals surface area contributed by atoms with Crippen LogP contribution in [0.1, 0.15) is 5.56 Å². The summed E-state index contributed by atoms with van der Waals surface area (Å²) in [6.07, 6.45) is 2.70. The van der Waals surface area contributed by atoms with Crippen molar-refractivity contribution in [1.29, 1.82) is 0 Å². The number of nitrogens with zero attached hydrogens (tertiary/aromatic N) is 2. The van der Waals surface area contributed by atoms with Crippen molar-refractivity contribution >= 4 is 43.2 Å². The number of aromatic nitrogens is 2. The summed E-state index contributed by atoms with van der Waals surface area (Å²) in [5, 5.41) is 2.84. The van der Waals surface area contributed by atoms with E-state index in [2.05, 4.69) is 16.0 Å². The van der Waals surface area contributed by atoms with Gasteiger partial charge in [0.25, 0.3) is 0 Å². The van der Waals surface area contributed by atoms with Crippen LogP contribution in [0.15, 0.2) is 18.3 Å². The van der Waals surface area contributed by atoms with Crippen LogP contribution in [-0.2, 0) is 6.42 Å². The molecule has 0 amide bonds. The van der Waals surface area contributed by atoms with Gasteiger partial charge in [0.1, 0.15) is 4.83 Å². The van der Waals surface area contributed by atoms with E-state index in [4.69, 9.17) is 16.3 Å². The first-order valence-corrected chi connectivity index (χ1v) is 6.52. The molecule has 4 heterocycles. The molecule has 0 atom stereocenters. The molecular weight excluding hydrogens is 256 g/mol. The molecule has 0 aliphatic carbocycles. The molecule has 0 radical (unpaired) electrons. The van der Waals surface area contributed by atoms with Gasteiger partial charge in [0.05, 0.1) is 11.3 Å². The van der Waals surface area contributed by atoms with Crippen LogP contribution in [0.5, 0.6) is 5.88 Å². The summed E-state index contributed by atoms with van der Waals surface area (Å²) in [6.45, 7) is 0.690. The SMILES string of the molecule is Clc1nc2c(c3c1sc1ncccc13)CCO2. The van der Waals surface area contributed by atoms with Crippen LogP contribution in [0.4, 0.5) is 0 Å². The third-order valence-electron chi connectivity index (χ3n) is 3.00. The van der Waals surface area contributed by atoms with Gasteiger partial charge in [0.2, 0.25) is 5.88 Å². The molecule has 0 spiro atoms. The Morgan fingerprint density at radius 3 is 3.29 bits per heavy atom. The van der Waals surface area contributed by atoms with Gasteiger partial charge in [0.15, 0.2) is 5.15 Å². The lowest BCUT2D eigenvalue weighted by atomic mass is 10.1. The summed E-state index contributed by atoms with van der Waals surface area (Å²) in [6, 6.07) is 4.03. The molecule has 0 N–H and O–H groups in total. The molecule has 0 unspecified atom stereocenters. The smallest absolute Gasteiger partial charge is 0.218 e. The second-order valence-corrected chi connectivity index (χ2v) is 5.30. The lowest BCUT2D eigenvalue weighted by Gasteiger charge is -2.01. The molecule has 17 heavy (non-hydrogen) atoms. The Morgan fingerprint density at radius 2 is 2.35 bits per heavy atom. The maximum atomic E-state index is 6.20. The lowest BCUT2D eigenvalue weighted by Crippen LogP contribution is -1.87. The highest BCUT2D eigenvalue weighted by Gasteiger charge is 2.22. The quantitative estimate of drug-likeness (QED) is 0.582. The van der Waals surface area contributed by atoms with E-state index in [-0.39, 0.29) is 0 Å². The van der Waals surface area contributed by atoms with Gasteiger partial charge in [-0.15, -0.1) is 11.3 Å². The lowest BCUT2D eigenvalue weighted by molar-refractivity contribution is 0.345. The summed E-state index contributed by atoms with van der Waals surface area (Å²) < 4.78 is 6.51. The zero-order valence-electron chi connectivity index (χ0n) is 8.74. The standard InChI is InChI=1S/C12H7ClN2OS/c13-10-9-8(6-3-5-16-11(6)15-10)7-2-1-4-14-12(7)17-9/h1-2,4H,3,5H2. The molecule has 1 aliphatic heterocycles. The number of hydrogen-bond acceptors (Lipinski definition) is 4. The molecule has 3 nitrogen and oxygen atoms in total. The van der Waals surface area contributed by atoms with E-state index in [1.54, 1.807) is 17.5 Å². The van der Waals surface area contributed by atoms with Crippen molar-refractivity contribution in [3.8, 4) is 5.88 Å². The second kappa shape index (κ2) is 3.31. The van der Waals surface area contributed by atoms with E-state index in [1.165, 1.54) is 10.9 Å². The average Bonchev–Trinajstić information content (AvgIpc) is 2.91. The molecule has 0 saturated heterocycles. The van der Waals surface area contributed by atoms with Gasteiger partial charge < -0.3 is 4.74 Å². The molecule has 0 saturated carbocycles. The van der Waals surface area contributed by atoms with Gasteiger partial charge in [-0.2, -0.15) is 4.98 Å². The van der Waals surface area contributed by atoms with Gasteiger partial charge in [-0.05, 0) is 12.1 Å². The van der Waals surface area contributed by atoms with E-state index in [0.717, 1.165) is 21.3 Å². The molecule has 0 fully saturated rings. The normalized spacial score (nSPS) is 14.2. The predicted octanol–water partition coefficient (Wildman–Crippen LogP) is 3.43. The number of ether oxygens (including phenoxy) is 1. The molecule has 1 aliphatic rings. The number of fused-ring (bicyclic) bond motifs is 5. The fourth-order valence-corrected chi connectivity index (χ4v) is 3.63. The Kier molecular flexibility index (Phi) is 1.87. The Hall–Kier alpha value is -1.39. The van der Waals surface area contributed by atoms with E-state index in [1.807, 2.05) is 6.07 Å². The number of hydrogen-bond donors (Lipinski definition) is 0. The largest absolute Gasteiger partial charge is 0.477 e. The molecule has 84 valence electrons. The van der Waals surface area contributed by atoms with Crippen molar-refractivity contribution in [3.05, 3.63) is 29.0 Å². The molecule has 5 heteroatoms. The van der Waals surface area contributed by atoms with Gasteiger partial charge in [-0.1, -0.05) is 11.6 Å². The maximum Gasteiger partial charge on any atom is 0.218 e. The summed E-state index contributed by atoms with van der Waals surface area (Å²) in [5.74, 6) is 0.686. The van der Waals surface area contributed by atoms with Gasteiger partial charge in [-0.25, -0.2) is 4.98 Å². The van der Waals surface area contributed by atoms with Crippen LogP contribution >= 0.6 is 22.9 Å². The third-order valence-corrected chi connectivity index (χ3v) is 4.51. The van der Waals surface area contributed by atoms with Crippen LogP contribution in [-0.4, -0.2) is 16.6 Å². The van der Waals surface area contributed by atoms with E-state index in [0.29, 0.717) is 17.6 Å². The van der Waals surface area contributed by atoms with Crippen molar-refractivity contribution < 1.29 is 4.74 Å². The Balaban J connectivity index is 2.30. The molecular formula is C12H7ClN2OS. The summed E-state index contributed by atoms with van der Waals surface area (Å²) in [7, 11) is 0. The predicted molar refractivity (Wildman–Crippen MR) is 69.1 cm³/mol. The van der Waals surface area contributed by atoms with Gasteiger partial charge >= 0.3 is 0 Å². The monoisotopic (exact) mass is 262 g/mol. The van der Waals surface area contributed by atoms with Crippen LogP contribution in [0.2, 0.25) is 5.15 Å². The van der Waals surface area contributed by atoms with Gasteiger partial charge in [0, 0.05) is 29.0 Å². The topological polar surface area (TPSA) is 35.0 Å². The second-order valence-electron chi connectivity index (χ2n) is 3.95. The average molecular weight is 263 g/mol. The van der Waals surface area contributed by atoms with Crippen molar-refractivity contribution in [3.63, 3.8) is 0 Å². The van der Waals surface area contributed by atoms with Crippen molar-refractivity contribution in [2.75, 3.05) is 6.61 Å². The molecule has 0 bridgehead atoms. The molecule has 3 aromatic rings. The number of thiophene rings is 1. The minimum atomic E-state index is 0.517. The Bertz CT molecular complexity index is 753. The first-order valence-electron chi connectivity index (χ1n) is 5.33. The molecule has 4 rings (SSSR count). The van der Waals surface area contributed by atoms with E-state index >= 15 is 0 Å². The van der Waals surface area contributed by atoms with Crippen molar-refractivity contribution in [2.24, 2.45) is 0 Å². The summed E-state index contributed by atoms with van der Waals surface area (Å²) >= 11 is 7.80. The maximum absolute atomic E-state index is 6.20. The fourth-order valence-electron chi connectivity index (χ4n) is 2.29. The highest BCUT2D eigenvalue weighted by atomic mass is 35.5. The zero-order chi connectivity index (χ0) is 11.4.